The molecule has 3 saturated heterocycles. The van der Waals surface area contributed by atoms with Gasteiger partial charge < -0.3 is 9.64 Å². The molecule has 2 atom stereocenters. The van der Waals surface area contributed by atoms with Gasteiger partial charge in [-0.15, -0.1) is 0 Å². The summed E-state index contributed by atoms with van der Waals surface area (Å²) in [7, 11) is 2.20. The zero-order chi connectivity index (χ0) is 11.7. The second-order valence-corrected chi connectivity index (χ2v) is 5.85. The van der Waals surface area contributed by atoms with Crippen molar-refractivity contribution in [2.45, 2.75) is 25.0 Å². The Morgan fingerprint density at radius 3 is 2.94 bits per heavy atom. The van der Waals surface area contributed by atoms with Crippen molar-refractivity contribution in [2.24, 2.45) is 0 Å². The minimum absolute atomic E-state index is 0.432. The van der Waals surface area contributed by atoms with Crippen LogP contribution in [0.1, 0.15) is 12.8 Å². The molecule has 0 saturated carbocycles. The van der Waals surface area contributed by atoms with Crippen LogP contribution in [0, 0.1) is 0 Å². The van der Waals surface area contributed by atoms with Crippen LogP contribution in [-0.2, 0) is 4.74 Å². The fourth-order valence-electron chi connectivity index (χ4n) is 3.49. The molecule has 0 aromatic rings. The van der Waals surface area contributed by atoms with Gasteiger partial charge >= 0.3 is 0 Å². The topological polar surface area (TPSA) is 19.0 Å². The molecule has 17 heavy (non-hydrogen) atoms. The van der Waals surface area contributed by atoms with Crippen LogP contribution in [0.2, 0.25) is 0 Å². The van der Waals surface area contributed by atoms with Crippen molar-refractivity contribution in [3.05, 3.63) is 0 Å². The molecule has 2 unspecified atom stereocenters. The molecule has 3 aliphatic rings. The monoisotopic (exact) mass is 239 g/mol. The van der Waals surface area contributed by atoms with Crippen LogP contribution < -0.4 is 0 Å². The van der Waals surface area contributed by atoms with Crippen LogP contribution in [0.4, 0.5) is 0 Å². The molecular weight excluding hydrogens is 214 g/mol. The van der Waals surface area contributed by atoms with E-state index < -0.39 is 0 Å². The van der Waals surface area contributed by atoms with E-state index in [2.05, 4.69) is 21.7 Å². The second-order valence-electron chi connectivity index (χ2n) is 5.85. The number of hydrogen-bond acceptors (Lipinski definition) is 4. The number of likely N-dealkylation sites (N-methyl/N-ethyl adjacent to an activating group) is 1. The van der Waals surface area contributed by atoms with E-state index in [4.69, 9.17) is 4.74 Å². The van der Waals surface area contributed by atoms with Crippen LogP contribution in [0.5, 0.6) is 0 Å². The summed E-state index contributed by atoms with van der Waals surface area (Å²) in [5.74, 6) is 0. The average Bonchev–Trinajstić information content (AvgIpc) is 2.76. The van der Waals surface area contributed by atoms with Crippen LogP contribution >= 0.6 is 0 Å². The number of hydrogen-bond donors (Lipinski definition) is 0. The normalized spacial score (nSPS) is 37.2. The second kappa shape index (κ2) is 5.22. The third kappa shape index (κ3) is 2.81. The Labute approximate surface area is 104 Å². The first-order valence-electron chi connectivity index (χ1n) is 7.08. The Kier molecular flexibility index (Phi) is 3.66. The SMILES string of the molecule is CN1CCOC(CN2CCN3CCCC3C2)C1. The molecular formula is C13H25N3O. The zero-order valence-electron chi connectivity index (χ0n) is 11.0. The summed E-state index contributed by atoms with van der Waals surface area (Å²) in [6.45, 7) is 9.34. The minimum atomic E-state index is 0.432. The van der Waals surface area contributed by atoms with E-state index in [0.29, 0.717) is 6.10 Å². The number of nitrogens with zero attached hydrogens (tertiary/aromatic N) is 3. The molecule has 0 spiro atoms. The fourth-order valence-corrected chi connectivity index (χ4v) is 3.49. The summed E-state index contributed by atoms with van der Waals surface area (Å²) in [5.41, 5.74) is 0. The first kappa shape index (κ1) is 11.9. The van der Waals surface area contributed by atoms with E-state index >= 15 is 0 Å². The van der Waals surface area contributed by atoms with Crippen molar-refractivity contribution >= 4 is 0 Å². The predicted octanol–water partition coefficient (Wildman–Crippen LogP) is 0.0970. The number of piperazine rings is 1. The Hall–Kier alpha value is -0.160. The lowest BCUT2D eigenvalue weighted by Crippen LogP contribution is -2.54. The van der Waals surface area contributed by atoms with E-state index in [9.17, 15) is 0 Å². The van der Waals surface area contributed by atoms with Crippen molar-refractivity contribution in [1.29, 1.82) is 0 Å². The first-order chi connectivity index (χ1) is 8.31. The quantitative estimate of drug-likeness (QED) is 0.680. The lowest BCUT2D eigenvalue weighted by Gasteiger charge is -2.40. The molecule has 0 amide bonds. The lowest BCUT2D eigenvalue weighted by atomic mass is 10.1. The molecule has 3 fully saturated rings. The van der Waals surface area contributed by atoms with Crippen LogP contribution in [0.25, 0.3) is 0 Å². The van der Waals surface area contributed by atoms with Crippen LogP contribution in [-0.4, -0.2) is 86.3 Å². The Bertz CT molecular complexity index is 261. The van der Waals surface area contributed by atoms with E-state index in [0.717, 1.165) is 32.3 Å². The summed E-state index contributed by atoms with van der Waals surface area (Å²) < 4.78 is 5.87. The molecule has 4 nitrogen and oxygen atoms in total. The van der Waals surface area contributed by atoms with E-state index in [1.165, 1.54) is 39.0 Å². The third-order valence-corrected chi connectivity index (χ3v) is 4.48. The van der Waals surface area contributed by atoms with E-state index in [1.54, 1.807) is 0 Å². The maximum Gasteiger partial charge on any atom is 0.0829 e. The summed E-state index contributed by atoms with van der Waals surface area (Å²) >= 11 is 0. The summed E-state index contributed by atoms with van der Waals surface area (Å²) in [6.07, 6.45) is 3.24. The lowest BCUT2D eigenvalue weighted by molar-refractivity contribution is -0.0438. The molecule has 3 heterocycles. The molecule has 3 aliphatic heterocycles. The van der Waals surface area contributed by atoms with Crippen LogP contribution in [0.3, 0.4) is 0 Å². The van der Waals surface area contributed by atoms with Crippen molar-refractivity contribution in [2.75, 3.05) is 59.5 Å². The van der Waals surface area contributed by atoms with Gasteiger partial charge in [0.05, 0.1) is 12.7 Å². The molecule has 0 radical (unpaired) electrons. The van der Waals surface area contributed by atoms with E-state index in [-0.39, 0.29) is 0 Å². The largest absolute Gasteiger partial charge is 0.374 e. The van der Waals surface area contributed by atoms with Crippen molar-refractivity contribution < 1.29 is 4.74 Å². The van der Waals surface area contributed by atoms with Gasteiger partial charge in [-0.1, -0.05) is 0 Å². The number of ether oxygens (including phenoxy) is 1. The van der Waals surface area contributed by atoms with Crippen molar-refractivity contribution in [1.82, 2.24) is 14.7 Å². The molecule has 0 aromatic heterocycles. The zero-order valence-corrected chi connectivity index (χ0v) is 11.0. The number of rotatable bonds is 2. The predicted molar refractivity (Wildman–Crippen MR) is 68.3 cm³/mol. The highest BCUT2D eigenvalue weighted by atomic mass is 16.5. The molecule has 98 valence electrons. The summed E-state index contributed by atoms with van der Waals surface area (Å²) in [6, 6.07) is 0.838. The third-order valence-electron chi connectivity index (χ3n) is 4.48. The molecule has 0 N–H and O–H groups in total. The fraction of sp³-hybridized carbons (Fsp3) is 1.00. The average molecular weight is 239 g/mol. The Balaban J connectivity index is 1.48. The Morgan fingerprint density at radius 2 is 2.06 bits per heavy atom. The molecule has 4 heteroatoms. The Morgan fingerprint density at radius 1 is 1.12 bits per heavy atom. The molecule has 0 aliphatic carbocycles. The molecule has 0 bridgehead atoms. The maximum atomic E-state index is 5.87. The van der Waals surface area contributed by atoms with Gasteiger partial charge in [-0.2, -0.15) is 0 Å². The van der Waals surface area contributed by atoms with Gasteiger partial charge in [0.2, 0.25) is 0 Å². The summed E-state index contributed by atoms with van der Waals surface area (Å²) in [4.78, 5) is 7.68. The first-order valence-corrected chi connectivity index (χ1v) is 7.08. The highest BCUT2D eigenvalue weighted by Gasteiger charge is 2.31. The maximum absolute atomic E-state index is 5.87. The highest BCUT2D eigenvalue weighted by Crippen LogP contribution is 2.21. The summed E-state index contributed by atoms with van der Waals surface area (Å²) in [5, 5.41) is 0. The van der Waals surface area contributed by atoms with E-state index in [1.807, 2.05) is 0 Å². The molecule has 3 rings (SSSR count). The van der Waals surface area contributed by atoms with Crippen molar-refractivity contribution in [3.8, 4) is 0 Å². The van der Waals surface area contributed by atoms with Gasteiger partial charge in [-0.05, 0) is 26.4 Å². The standard InChI is InChI=1S/C13H25N3O/c1-14-7-8-17-13(10-14)11-15-5-6-16-4-2-3-12(16)9-15/h12-13H,2-11H2,1H3. The van der Waals surface area contributed by atoms with Gasteiger partial charge in [0.25, 0.3) is 0 Å². The highest BCUT2D eigenvalue weighted by molar-refractivity contribution is 4.88. The van der Waals surface area contributed by atoms with Gasteiger partial charge in [0.15, 0.2) is 0 Å². The molecule has 0 aromatic carbocycles. The van der Waals surface area contributed by atoms with Gasteiger partial charge in [-0.3, -0.25) is 9.80 Å². The van der Waals surface area contributed by atoms with Gasteiger partial charge in [0, 0.05) is 45.3 Å². The van der Waals surface area contributed by atoms with Crippen molar-refractivity contribution in [3.63, 3.8) is 0 Å². The number of morpholine rings is 1. The minimum Gasteiger partial charge on any atom is -0.374 e. The van der Waals surface area contributed by atoms with Gasteiger partial charge in [-0.25, -0.2) is 0 Å². The van der Waals surface area contributed by atoms with Crippen LogP contribution in [0.15, 0.2) is 0 Å². The number of fused-ring (bicyclic) bond motifs is 1. The van der Waals surface area contributed by atoms with Gasteiger partial charge in [0.1, 0.15) is 0 Å². The smallest absolute Gasteiger partial charge is 0.0829 e.